The normalized spacial score (nSPS) is 17.9. The highest BCUT2D eigenvalue weighted by molar-refractivity contribution is 5.32. The van der Waals surface area contributed by atoms with Crippen LogP contribution in [0.4, 0.5) is 0 Å². The third kappa shape index (κ3) is 4.32. The van der Waals surface area contributed by atoms with Crippen molar-refractivity contribution >= 4 is 0 Å². The summed E-state index contributed by atoms with van der Waals surface area (Å²) in [7, 11) is 0. The fourth-order valence-electron chi connectivity index (χ4n) is 4.15. The zero-order chi connectivity index (χ0) is 15.1. The number of aryl methyl sites for hydroxylation is 3. The summed E-state index contributed by atoms with van der Waals surface area (Å²) in [6.07, 6.45) is 13.2. The van der Waals surface area contributed by atoms with E-state index >= 15 is 0 Å². The Morgan fingerprint density at radius 2 is 1.67 bits per heavy atom. The molecule has 0 atom stereocenters. The molecule has 1 heteroatoms. The van der Waals surface area contributed by atoms with Crippen molar-refractivity contribution in [3.63, 3.8) is 0 Å². The molecule has 1 nitrogen and oxygen atoms in total. The maximum atomic E-state index is 5.90. The van der Waals surface area contributed by atoms with Crippen molar-refractivity contribution in [1.82, 2.24) is 0 Å². The number of rotatable bonds is 7. The van der Waals surface area contributed by atoms with Crippen LogP contribution in [-0.4, -0.2) is 6.54 Å². The van der Waals surface area contributed by atoms with E-state index in [-0.39, 0.29) is 0 Å². The molecular weight excluding hydrogens is 254 g/mol. The van der Waals surface area contributed by atoms with Gasteiger partial charge in [0.25, 0.3) is 0 Å². The Kier molecular flexibility index (Phi) is 6.29. The van der Waals surface area contributed by atoms with Gasteiger partial charge in [0.2, 0.25) is 0 Å². The number of hydrogen-bond acceptors (Lipinski definition) is 1. The molecule has 0 aromatic heterocycles. The lowest BCUT2D eigenvalue weighted by Gasteiger charge is -2.37. The van der Waals surface area contributed by atoms with Crippen LogP contribution in [0.15, 0.2) is 18.2 Å². The van der Waals surface area contributed by atoms with Crippen LogP contribution in [0.1, 0.15) is 75.5 Å². The molecule has 0 bridgehead atoms. The minimum Gasteiger partial charge on any atom is -0.330 e. The van der Waals surface area contributed by atoms with Crippen LogP contribution in [0.3, 0.4) is 0 Å². The summed E-state index contributed by atoms with van der Waals surface area (Å²) in [6, 6.07) is 7.17. The highest BCUT2D eigenvalue weighted by Crippen LogP contribution is 2.42. The first-order valence-electron chi connectivity index (χ1n) is 9.04. The van der Waals surface area contributed by atoms with Gasteiger partial charge >= 0.3 is 0 Å². The van der Waals surface area contributed by atoms with Gasteiger partial charge < -0.3 is 5.73 Å². The van der Waals surface area contributed by atoms with E-state index in [9.17, 15) is 0 Å². The third-order valence-electron chi connectivity index (χ3n) is 5.57. The van der Waals surface area contributed by atoms with Crippen molar-refractivity contribution in [2.45, 2.75) is 78.1 Å². The predicted molar refractivity (Wildman–Crippen MR) is 92.7 cm³/mol. The topological polar surface area (TPSA) is 26.0 Å². The molecular formula is C20H33N. The number of benzene rings is 1. The average Bonchev–Trinajstić information content (AvgIpc) is 2.54. The van der Waals surface area contributed by atoms with Gasteiger partial charge in [0.15, 0.2) is 0 Å². The third-order valence-corrected chi connectivity index (χ3v) is 5.57. The Morgan fingerprint density at radius 3 is 2.29 bits per heavy atom. The molecule has 1 aromatic carbocycles. The van der Waals surface area contributed by atoms with E-state index in [0.29, 0.717) is 5.41 Å². The van der Waals surface area contributed by atoms with Crippen molar-refractivity contribution in [2.75, 3.05) is 6.54 Å². The molecule has 0 heterocycles. The Balaban J connectivity index is 2.03. The molecule has 1 aliphatic carbocycles. The van der Waals surface area contributed by atoms with Crippen LogP contribution < -0.4 is 5.73 Å². The molecule has 21 heavy (non-hydrogen) atoms. The Hall–Kier alpha value is -0.820. The summed E-state index contributed by atoms with van der Waals surface area (Å²) in [5.74, 6) is 0. The van der Waals surface area contributed by atoms with Gasteiger partial charge in [0.1, 0.15) is 0 Å². The molecule has 0 saturated heterocycles. The first-order chi connectivity index (χ1) is 10.2. The SMILES string of the molecule is CCc1ccc(CCC2(CCN)CCCCC2)cc1CC. The summed E-state index contributed by atoms with van der Waals surface area (Å²) >= 11 is 0. The van der Waals surface area contributed by atoms with Crippen molar-refractivity contribution in [1.29, 1.82) is 0 Å². The van der Waals surface area contributed by atoms with Crippen LogP contribution in [0.5, 0.6) is 0 Å². The second kappa shape index (κ2) is 7.98. The second-order valence-corrected chi connectivity index (χ2v) is 6.91. The maximum Gasteiger partial charge on any atom is -0.00720 e. The highest BCUT2D eigenvalue weighted by atomic mass is 14.5. The summed E-state index contributed by atoms with van der Waals surface area (Å²) in [5, 5.41) is 0. The van der Waals surface area contributed by atoms with Gasteiger partial charge in [-0.25, -0.2) is 0 Å². The van der Waals surface area contributed by atoms with E-state index in [2.05, 4.69) is 32.0 Å². The second-order valence-electron chi connectivity index (χ2n) is 6.91. The zero-order valence-electron chi connectivity index (χ0n) is 14.1. The number of nitrogens with two attached hydrogens (primary N) is 1. The van der Waals surface area contributed by atoms with E-state index in [4.69, 9.17) is 5.73 Å². The lowest BCUT2D eigenvalue weighted by Crippen LogP contribution is -2.28. The van der Waals surface area contributed by atoms with E-state index in [1.807, 2.05) is 0 Å². The minimum absolute atomic E-state index is 0.544. The van der Waals surface area contributed by atoms with Crippen LogP contribution >= 0.6 is 0 Å². The van der Waals surface area contributed by atoms with Gasteiger partial charge in [-0.15, -0.1) is 0 Å². The molecule has 1 aliphatic rings. The van der Waals surface area contributed by atoms with Crippen molar-refractivity contribution in [2.24, 2.45) is 11.1 Å². The van der Waals surface area contributed by atoms with Gasteiger partial charge in [0, 0.05) is 0 Å². The Labute approximate surface area is 131 Å². The van der Waals surface area contributed by atoms with Crippen molar-refractivity contribution < 1.29 is 0 Å². The molecule has 0 aliphatic heterocycles. The molecule has 2 N–H and O–H groups in total. The summed E-state index contributed by atoms with van der Waals surface area (Å²) < 4.78 is 0. The Morgan fingerprint density at radius 1 is 0.952 bits per heavy atom. The van der Waals surface area contributed by atoms with E-state index in [1.165, 1.54) is 62.5 Å². The quantitative estimate of drug-likeness (QED) is 0.746. The average molecular weight is 287 g/mol. The molecule has 0 spiro atoms. The number of hydrogen-bond donors (Lipinski definition) is 1. The molecule has 1 aromatic rings. The van der Waals surface area contributed by atoms with Crippen LogP contribution in [0.25, 0.3) is 0 Å². The molecule has 1 saturated carbocycles. The van der Waals surface area contributed by atoms with E-state index in [1.54, 1.807) is 5.56 Å². The first-order valence-corrected chi connectivity index (χ1v) is 9.04. The monoisotopic (exact) mass is 287 g/mol. The fraction of sp³-hybridized carbons (Fsp3) is 0.700. The van der Waals surface area contributed by atoms with Gasteiger partial charge in [-0.1, -0.05) is 51.3 Å². The smallest absolute Gasteiger partial charge is 0.00720 e. The minimum atomic E-state index is 0.544. The van der Waals surface area contributed by atoms with Crippen LogP contribution in [0.2, 0.25) is 0 Å². The van der Waals surface area contributed by atoms with E-state index < -0.39 is 0 Å². The van der Waals surface area contributed by atoms with Gasteiger partial charge in [0.05, 0.1) is 0 Å². The highest BCUT2D eigenvalue weighted by Gasteiger charge is 2.30. The first kappa shape index (κ1) is 16.5. The zero-order valence-corrected chi connectivity index (χ0v) is 14.1. The van der Waals surface area contributed by atoms with E-state index in [0.717, 1.165) is 19.4 Å². The molecule has 2 rings (SSSR count). The van der Waals surface area contributed by atoms with Crippen LogP contribution in [0, 0.1) is 5.41 Å². The molecule has 0 unspecified atom stereocenters. The fourth-order valence-corrected chi connectivity index (χ4v) is 4.15. The van der Waals surface area contributed by atoms with Crippen molar-refractivity contribution in [3.8, 4) is 0 Å². The molecule has 0 amide bonds. The summed E-state index contributed by atoms with van der Waals surface area (Å²) in [4.78, 5) is 0. The summed E-state index contributed by atoms with van der Waals surface area (Å²) in [6.45, 7) is 5.39. The lowest BCUT2D eigenvalue weighted by molar-refractivity contribution is 0.161. The lowest BCUT2D eigenvalue weighted by atomic mass is 9.68. The Bertz CT molecular complexity index is 424. The molecule has 1 fully saturated rings. The standard InChI is InChI=1S/C20H33N/c1-3-18-9-8-17(16-19(18)4-2)10-13-20(14-15-21)11-6-5-7-12-20/h8-9,16H,3-7,10-15,21H2,1-2H3. The largest absolute Gasteiger partial charge is 0.330 e. The molecule has 0 radical (unpaired) electrons. The van der Waals surface area contributed by atoms with Crippen molar-refractivity contribution in [3.05, 3.63) is 34.9 Å². The summed E-state index contributed by atoms with van der Waals surface area (Å²) in [5.41, 5.74) is 11.0. The molecule has 118 valence electrons. The predicted octanol–water partition coefficient (Wildman–Crippen LogP) is 5.04. The van der Waals surface area contributed by atoms with Gasteiger partial charge in [-0.2, -0.15) is 0 Å². The van der Waals surface area contributed by atoms with Crippen LogP contribution in [-0.2, 0) is 19.3 Å². The van der Waals surface area contributed by atoms with Gasteiger partial charge in [-0.05, 0) is 73.6 Å². The van der Waals surface area contributed by atoms with Gasteiger partial charge in [-0.3, -0.25) is 0 Å². The maximum absolute atomic E-state index is 5.90.